The van der Waals surface area contributed by atoms with Crippen molar-refractivity contribution in [1.82, 2.24) is 27.4 Å². The van der Waals surface area contributed by atoms with Crippen molar-refractivity contribution in [2.75, 3.05) is 0 Å². The summed E-state index contributed by atoms with van der Waals surface area (Å²) in [5.74, 6) is 0. The fourth-order valence-electron chi connectivity index (χ4n) is 17.8. The van der Waals surface area contributed by atoms with Gasteiger partial charge < -0.3 is 36.2 Å². The van der Waals surface area contributed by atoms with Gasteiger partial charge in [0.15, 0.2) is 11.2 Å². The Balaban J connectivity index is 0.0000000952. The van der Waals surface area contributed by atoms with E-state index in [-0.39, 0.29) is 0 Å². The second-order valence-electron chi connectivity index (χ2n) is 31.0. The molecule has 0 N–H and O–H groups in total. The number of furan rings is 2. The maximum absolute atomic E-state index is 6.12. The number of para-hydroxylation sites is 2. The average Bonchev–Trinajstić information content (AvgIpc) is 1.80. The molecule has 8 nitrogen and oxygen atoms in total. The molecule has 0 unspecified atom stereocenters. The Kier molecular flexibility index (Phi) is 20.4. The van der Waals surface area contributed by atoms with E-state index in [1.165, 1.54) is 198 Å². The van der Waals surface area contributed by atoms with Crippen molar-refractivity contribution in [1.29, 1.82) is 0 Å². The molecule has 0 spiro atoms. The highest BCUT2D eigenvalue weighted by Gasteiger charge is 2.26. The first-order valence-corrected chi connectivity index (χ1v) is 44.0. The van der Waals surface area contributed by atoms with Crippen LogP contribution in [0.4, 0.5) is 0 Å². The molecule has 24 rings (SSSR count). The van der Waals surface area contributed by atoms with Gasteiger partial charge in [-0.2, -0.15) is 0 Å². The van der Waals surface area contributed by atoms with Crippen LogP contribution in [0.2, 0.25) is 0 Å². The number of aromatic nitrogens is 6. The van der Waals surface area contributed by atoms with Crippen molar-refractivity contribution in [2.45, 2.75) is 41.5 Å². The Morgan fingerprint density at radius 1 is 0.208 bits per heavy atom. The molecule has 0 saturated carbocycles. The molecular formula is C108H90N6O2S4. The Hall–Kier alpha value is -13.2. The summed E-state index contributed by atoms with van der Waals surface area (Å²) in [4.78, 5) is 1.36. The van der Waals surface area contributed by atoms with Gasteiger partial charge in [-0.1, -0.05) is 285 Å². The molecule has 0 aliphatic heterocycles. The predicted octanol–water partition coefficient (Wildman–Crippen LogP) is 31.3. The van der Waals surface area contributed by atoms with Gasteiger partial charge in [-0.25, -0.2) is 0 Å². The van der Waals surface area contributed by atoms with Crippen LogP contribution in [0, 0.1) is 41.5 Å². The molecule has 12 aromatic carbocycles. The Morgan fingerprint density at radius 3 is 1.10 bits per heavy atom. The number of fused-ring (bicyclic) bond motifs is 18. The molecule has 0 radical (unpaired) electrons. The quantitative estimate of drug-likeness (QED) is 0.167. The molecule has 12 heteroatoms. The Bertz CT molecular complexity index is 7110. The van der Waals surface area contributed by atoms with Crippen molar-refractivity contribution < 1.29 is 8.83 Å². The number of benzene rings is 12. The zero-order valence-corrected chi connectivity index (χ0v) is 72.6. The number of aryl methyl sites for hydroxylation is 6. The number of rotatable bonds is 6. The number of thiophene rings is 4. The summed E-state index contributed by atoms with van der Waals surface area (Å²) < 4.78 is 35.7. The zero-order chi connectivity index (χ0) is 82.1. The molecule has 120 heavy (non-hydrogen) atoms. The summed E-state index contributed by atoms with van der Waals surface area (Å²) in [6.07, 6.45) is 0. The predicted molar refractivity (Wildman–Crippen MR) is 520 cm³/mol. The van der Waals surface area contributed by atoms with Crippen molar-refractivity contribution in [3.05, 3.63) is 362 Å². The third-order valence-corrected chi connectivity index (χ3v) is 29.2. The molecule has 24 aromatic rings. The van der Waals surface area contributed by atoms with E-state index < -0.39 is 0 Å². The fraction of sp³-hybridized carbons (Fsp3) is 0.111. The van der Waals surface area contributed by atoms with Gasteiger partial charge in [-0.05, 0) is 112 Å². The van der Waals surface area contributed by atoms with E-state index in [0.29, 0.717) is 0 Å². The average molecular weight is 1630 g/mol. The third-order valence-electron chi connectivity index (χ3n) is 24.3. The first kappa shape index (κ1) is 76.8. The standard InChI is InChI=1S/2C18H15NO.4C18H15NS/c1-12-16-14-10-6-7-11-15(14)20-18(16)17(19(12)2)13-8-4-3-5-9-13;1-12-16(13-8-4-3-5-9-13)18-17(19(12)2)14-10-6-7-11-15(14)20-18;1-12-18-16(14-10-6-7-11-15(14)20-18)17(19(12)2)13-8-4-3-5-9-13;1-12-16-14-10-6-7-11-15(14)20-18(16)17(19(12)2)13-8-4-3-5-9-13;1-12-16(13-8-4-3-5-9-13)18-17(19(12)2)14-10-6-7-11-15(14)20-18;1-12-16(13-8-4-3-5-9-13)17-14-10-6-7-11-15(14)20-18(17)19(12)2/h6*3-11H,1-2H3. The second kappa shape index (κ2) is 31.9. The van der Waals surface area contributed by atoms with Gasteiger partial charge in [0.1, 0.15) is 16.0 Å². The summed E-state index contributed by atoms with van der Waals surface area (Å²) in [5.41, 5.74) is 29.6. The minimum Gasteiger partial charge on any atom is -0.454 e. The molecule has 0 aliphatic carbocycles. The monoisotopic (exact) mass is 1630 g/mol. The lowest BCUT2D eigenvalue weighted by molar-refractivity contribution is 0.667. The summed E-state index contributed by atoms with van der Waals surface area (Å²) in [7, 11) is 12.9. The SMILES string of the molecule is Cc1c(-c2ccccc2)c2c3ccccc3sc2n1C.Cc1c(-c2ccccc2)c2oc3ccccc3c2n1C.Cc1c(-c2ccccc2)c2sc3ccccc3c2n1C.Cc1c2c(oc3ccccc32)c(-c2ccccc2)n1C.Cc1c2c(sc3ccccc32)c(-c2ccccc2)n1C.Cc1c2sc3ccccc3c2c(-c2ccccc2)n1C. The van der Waals surface area contributed by atoms with E-state index in [4.69, 9.17) is 8.83 Å². The normalized spacial score (nSPS) is 11.5. The lowest BCUT2D eigenvalue weighted by atomic mass is 10.0. The molecule has 0 amide bonds. The Labute approximate surface area is 713 Å². The molecule has 0 bridgehead atoms. The molecular weight excluding hydrogens is 1540 g/mol. The van der Waals surface area contributed by atoms with Crippen molar-refractivity contribution in [3.8, 4) is 67.2 Å². The maximum atomic E-state index is 6.12. The summed E-state index contributed by atoms with van der Waals surface area (Å²) in [6.45, 7) is 13.1. The topological polar surface area (TPSA) is 55.9 Å². The van der Waals surface area contributed by atoms with Crippen molar-refractivity contribution >= 4 is 170 Å². The largest absolute Gasteiger partial charge is 0.454 e. The van der Waals surface area contributed by atoms with Crippen LogP contribution < -0.4 is 0 Å². The van der Waals surface area contributed by atoms with E-state index in [9.17, 15) is 0 Å². The van der Waals surface area contributed by atoms with Crippen LogP contribution in [0.25, 0.3) is 192 Å². The molecule has 0 saturated heterocycles. The first-order chi connectivity index (χ1) is 58.6. The van der Waals surface area contributed by atoms with E-state index in [2.05, 4.69) is 402 Å². The van der Waals surface area contributed by atoms with Crippen molar-refractivity contribution in [3.63, 3.8) is 0 Å². The Morgan fingerprint density at radius 2 is 0.550 bits per heavy atom. The van der Waals surface area contributed by atoms with E-state index in [1.807, 2.05) is 81.7 Å². The third kappa shape index (κ3) is 13.2. The van der Waals surface area contributed by atoms with E-state index >= 15 is 0 Å². The van der Waals surface area contributed by atoms with E-state index in [0.717, 1.165) is 28.0 Å². The minimum atomic E-state index is 0.949. The minimum absolute atomic E-state index is 0.949. The van der Waals surface area contributed by atoms with E-state index in [1.54, 1.807) is 0 Å². The van der Waals surface area contributed by atoms with Crippen LogP contribution in [0.15, 0.2) is 336 Å². The number of nitrogens with zero attached hydrogens (tertiary/aromatic N) is 6. The highest BCUT2D eigenvalue weighted by atomic mass is 32.1. The maximum Gasteiger partial charge on any atom is 0.161 e. The van der Waals surface area contributed by atoms with Crippen LogP contribution in [0.1, 0.15) is 34.2 Å². The molecule has 12 aromatic heterocycles. The fourth-order valence-corrected chi connectivity index (χ4v) is 23.0. The highest BCUT2D eigenvalue weighted by Crippen LogP contribution is 2.49. The zero-order valence-electron chi connectivity index (χ0n) is 69.3. The lowest BCUT2D eigenvalue weighted by Gasteiger charge is -2.06. The van der Waals surface area contributed by atoms with Gasteiger partial charge >= 0.3 is 0 Å². The summed E-state index contributed by atoms with van der Waals surface area (Å²) >= 11 is 7.57. The smallest absolute Gasteiger partial charge is 0.161 e. The van der Waals surface area contributed by atoms with Crippen LogP contribution in [0.5, 0.6) is 0 Å². The van der Waals surface area contributed by atoms with Crippen molar-refractivity contribution in [2.24, 2.45) is 42.3 Å². The van der Waals surface area contributed by atoms with Gasteiger partial charge in [0, 0.05) is 171 Å². The molecule has 12 heterocycles. The summed E-state index contributed by atoms with van der Waals surface area (Å²) in [5, 5.41) is 13.3. The first-order valence-electron chi connectivity index (χ1n) is 40.7. The molecule has 0 atom stereocenters. The highest BCUT2D eigenvalue weighted by molar-refractivity contribution is 7.27. The number of hydrogen-bond acceptors (Lipinski definition) is 6. The number of hydrogen-bond donors (Lipinski definition) is 0. The van der Waals surface area contributed by atoms with Crippen LogP contribution in [-0.4, -0.2) is 27.4 Å². The van der Waals surface area contributed by atoms with Gasteiger partial charge in [-0.3, -0.25) is 0 Å². The van der Waals surface area contributed by atoms with Crippen LogP contribution in [-0.2, 0) is 42.3 Å². The van der Waals surface area contributed by atoms with Gasteiger partial charge in [0.05, 0.1) is 42.2 Å². The molecule has 0 fully saturated rings. The second-order valence-corrected chi connectivity index (χ2v) is 35.2. The van der Waals surface area contributed by atoms with Crippen LogP contribution >= 0.6 is 45.3 Å². The van der Waals surface area contributed by atoms with Gasteiger partial charge in [0.25, 0.3) is 0 Å². The lowest BCUT2D eigenvalue weighted by Crippen LogP contribution is -1.94. The summed E-state index contributed by atoms with van der Waals surface area (Å²) in [6, 6.07) is 115. The van der Waals surface area contributed by atoms with Gasteiger partial charge in [0.2, 0.25) is 0 Å². The molecule has 588 valence electrons. The molecule has 0 aliphatic rings. The van der Waals surface area contributed by atoms with Gasteiger partial charge in [-0.15, -0.1) is 45.3 Å². The van der Waals surface area contributed by atoms with Crippen LogP contribution in [0.3, 0.4) is 0 Å².